The van der Waals surface area contributed by atoms with E-state index in [1.807, 2.05) is 24.2 Å². The molecule has 0 aromatic carbocycles. The van der Waals surface area contributed by atoms with Crippen molar-refractivity contribution in [2.75, 3.05) is 18.6 Å². The number of thioether (sulfide) groups is 1. The summed E-state index contributed by atoms with van der Waals surface area (Å²) >= 11 is 1.91. The summed E-state index contributed by atoms with van der Waals surface area (Å²) in [6, 6.07) is 4.55. The van der Waals surface area contributed by atoms with E-state index >= 15 is 0 Å². The molecule has 2 unspecified atom stereocenters. The molecule has 2 nitrogen and oxygen atoms in total. The van der Waals surface area contributed by atoms with E-state index in [9.17, 15) is 0 Å². The highest BCUT2D eigenvalue weighted by molar-refractivity contribution is 7.98. The first-order valence-electron chi connectivity index (χ1n) is 5.36. The Hall–Kier alpha value is -0.540. The smallest absolute Gasteiger partial charge is 0.0293 e. The number of rotatable bonds is 6. The third-order valence-corrected chi connectivity index (χ3v) is 3.33. The quantitative estimate of drug-likeness (QED) is 0.804. The van der Waals surface area contributed by atoms with E-state index in [1.165, 1.54) is 11.3 Å². The van der Waals surface area contributed by atoms with E-state index < -0.39 is 0 Å². The second-order valence-electron chi connectivity index (χ2n) is 3.97. The Morgan fingerprint density at radius 1 is 1.33 bits per heavy atom. The van der Waals surface area contributed by atoms with Crippen LogP contribution in [0, 0.1) is 5.92 Å². The van der Waals surface area contributed by atoms with Gasteiger partial charge in [0.2, 0.25) is 0 Å². The molecule has 0 radical (unpaired) electrons. The van der Waals surface area contributed by atoms with Crippen LogP contribution in [0.2, 0.25) is 0 Å². The van der Waals surface area contributed by atoms with Crippen LogP contribution in [-0.2, 0) is 0 Å². The molecule has 1 N–H and O–H groups in total. The monoisotopic (exact) mass is 224 g/mol. The van der Waals surface area contributed by atoms with Crippen LogP contribution >= 0.6 is 11.8 Å². The molecule has 1 heterocycles. The highest BCUT2D eigenvalue weighted by Gasteiger charge is 2.06. The van der Waals surface area contributed by atoms with E-state index in [1.54, 1.807) is 0 Å². The maximum Gasteiger partial charge on any atom is 0.0293 e. The average Bonchev–Trinajstić information content (AvgIpc) is 2.27. The Kier molecular flexibility index (Phi) is 5.73. The minimum atomic E-state index is 0.414. The van der Waals surface area contributed by atoms with Gasteiger partial charge in [0.1, 0.15) is 0 Å². The first kappa shape index (κ1) is 12.5. The predicted octanol–water partition coefficient (Wildman–Crippen LogP) is 2.73. The summed E-state index contributed by atoms with van der Waals surface area (Å²) in [4.78, 5) is 4.02. The fourth-order valence-electron chi connectivity index (χ4n) is 1.49. The van der Waals surface area contributed by atoms with Crippen LogP contribution in [-0.4, -0.2) is 23.5 Å². The van der Waals surface area contributed by atoms with E-state index in [0.29, 0.717) is 6.04 Å². The molecular weight excluding hydrogens is 204 g/mol. The Morgan fingerprint density at radius 2 is 2.00 bits per heavy atom. The maximum absolute atomic E-state index is 4.02. The lowest BCUT2D eigenvalue weighted by Gasteiger charge is -2.17. The van der Waals surface area contributed by atoms with Crippen molar-refractivity contribution in [1.29, 1.82) is 0 Å². The van der Waals surface area contributed by atoms with Gasteiger partial charge in [-0.05, 0) is 49.1 Å². The van der Waals surface area contributed by atoms with Crippen LogP contribution in [0.5, 0.6) is 0 Å². The SMILES string of the molecule is CSCC(C)CNC(C)c1ccncc1. The Bertz CT molecular complexity index is 264. The summed E-state index contributed by atoms with van der Waals surface area (Å²) in [6.45, 7) is 5.55. The lowest BCUT2D eigenvalue weighted by molar-refractivity contribution is 0.501. The molecule has 2 atom stereocenters. The number of pyridine rings is 1. The van der Waals surface area contributed by atoms with Crippen LogP contribution in [0.25, 0.3) is 0 Å². The van der Waals surface area contributed by atoms with Gasteiger partial charge in [0.05, 0.1) is 0 Å². The van der Waals surface area contributed by atoms with Crippen LogP contribution in [0.1, 0.15) is 25.5 Å². The van der Waals surface area contributed by atoms with E-state index in [0.717, 1.165) is 12.5 Å². The molecule has 84 valence electrons. The van der Waals surface area contributed by atoms with Gasteiger partial charge in [0, 0.05) is 18.4 Å². The summed E-state index contributed by atoms with van der Waals surface area (Å²) in [5.41, 5.74) is 1.31. The van der Waals surface area contributed by atoms with Crippen molar-refractivity contribution >= 4 is 11.8 Å². The Labute approximate surface area is 96.9 Å². The summed E-state index contributed by atoms with van der Waals surface area (Å²) in [6.07, 6.45) is 5.85. The van der Waals surface area contributed by atoms with Crippen molar-refractivity contribution < 1.29 is 0 Å². The summed E-state index contributed by atoms with van der Waals surface area (Å²) in [7, 11) is 0. The van der Waals surface area contributed by atoms with Gasteiger partial charge in [-0.15, -0.1) is 0 Å². The number of hydrogen-bond donors (Lipinski definition) is 1. The fraction of sp³-hybridized carbons (Fsp3) is 0.583. The standard InChI is InChI=1S/C12H20N2S/c1-10(9-15-3)8-14-11(2)12-4-6-13-7-5-12/h4-7,10-11,14H,8-9H2,1-3H3. The van der Waals surface area contributed by atoms with Crippen molar-refractivity contribution in [1.82, 2.24) is 10.3 Å². The molecule has 0 saturated heterocycles. The molecule has 0 saturated carbocycles. The fourth-order valence-corrected chi connectivity index (χ4v) is 2.18. The van der Waals surface area contributed by atoms with Gasteiger partial charge in [0.25, 0.3) is 0 Å². The minimum Gasteiger partial charge on any atom is -0.310 e. The molecule has 0 bridgehead atoms. The van der Waals surface area contributed by atoms with Gasteiger partial charge >= 0.3 is 0 Å². The molecule has 1 aromatic rings. The number of nitrogens with one attached hydrogen (secondary N) is 1. The van der Waals surface area contributed by atoms with E-state index in [-0.39, 0.29) is 0 Å². The van der Waals surface area contributed by atoms with Gasteiger partial charge in [-0.2, -0.15) is 11.8 Å². The predicted molar refractivity (Wildman–Crippen MR) is 68.2 cm³/mol. The lowest BCUT2D eigenvalue weighted by Crippen LogP contribution is -2.25. The third kappa shape index (κ3) is 4.67. The minimum absolute atomic E-state index is 0.414. The maximum atomic E-state index is 4.02. The van der Waals surface area contributed by atoms with E-state index in [2.05, 4.69) is 42.5 Å². The second kappa shape index (κ2) is 6.85. The molecule has 3 heteroatoms. The topological polar surface area (TPSA) is 24.9 Å². The summed E-state index contributed by atoms with van der Waals surface area (Å²) in [5, 5.41) is 3.54. The Balaban J connectivity index is 2.33. The number of nitrogens with zero attached hydrogens (tertiary/aromatic N) is 1. The number of aromatic nitrogens is 1. The second-order valence-corrected chi connectivity index (χ2v) is 4.88. The van der Waals surface area contributed by atoms with Crippen LogP contribution < -0.4 is 5.32 Å². The summed E-state index contributed by atoms with van der Waals surface area (Å²) < 4.78 is 0. The van der Waals surface area contributed by atoms with Crippen LogP contribution in [0.15, 0.2) is 24.5 Å². The van der Waals surface area contributed by atoms with Crippen molar-refractivity contribution in [3.05, 3.63) is 30.1 Å². The molecule has 1 aromatic heterocycles. The molecule has 1 rings (SSSR count). The molecule has 0 spiro atoms. The highest BCUT2D eigenvalue weighted by atomic mass is 32.2. The average molecular weight is 224 g/mol. The van der Waals surface area contributed by atoms with Crippen molar-refractivity contribution in [3.8, 4) is 0 Å². The lowest BCUT2D eigenvalue weighted by atomic mass is 10.1. The molecule has 0 aliphatic rings. The zero-order chi connectivity index (χ0) is 11.1. The normalized spacial score (nSPS) is 14.9. The zero-order valence-corrected chi connectivity index (χ0v) is 10.6. The highest BCUT2D eigenvalue weighted by Crippen LogP contribution is 2.11. The van der Waals surface area contributed by atoms with Gasteiger partial charge < -0.3 is 5.32 Å². The number of hydrogen-bond acceptors (Lipinski definition) is 3. The van der Waals surface area contributed by atoms with Crippen molar-refractivity contribution in [3.63, 3.8) is 0 Å². The largest absolute Gasteiger partial charge is 0.310 e. The van der Waals surface area contributed by atoms with E-state index in [4.69, 9.17) is 0 Å². The molecule has 0 amide bonds. The molecule has 15 heavy (non-hydrogen) atoms. The third-order valence-electron chi connectivity index (χ3n) is 2.43. The van der Waals surface area contributed by atoms with Crippen LogP contribution in [0.3, 0.4) is 0 Å². The summed E-state index contributed by atoms with van der Waals surface area (Å²) in [5.74, 6) is 1.94. The van der Waals surface area contributed by atoms with Gasteiger partial charge in [-0.3, -0.25) is 4.98 Å². The first-order valence-corrected chi connectivity index (χ1v) is 6.75. The van der Waals surface area contributed by atoms with Crippen LogP contribution in [0.4, 0.5) is 0 Å². The van der Waals surface area contributed by atoms with Gasteiger partial charge in [0.15, 0.2) is 0 Å². The van der Waals surface area contributed by atoms with Gasteiger partial charge in [-0.1, -0.05) is 6.92 Å². The first-order chi connectivity index (χ1) is 7.24. The van der Waals surface area contributed by atoms with Crippen molar-refractivity contribution in [2.45, 2.75) is 19.9 Å². The Morgan fingerprint density at radius 3 is 2.60 bits per heavy atom. The molecule has 0 aliphatic heterocycles. The zero-order valence-electron chi connectivity index (χ0n) is 9.73. The van der Waals surface area contributed by atoms with Gasteiger partial charge in [-0.25, -0.2) is 0 Å². The molecule has 0 aliphatic carbocycles. The van der Waals surface area contributed by atoms with Crippen molar-refractivity contribution in [2.24, 2.45) is 5.92 Å². The molecular formula is C12H20N2S. The molecule has 0 fully saturated rings.